The van der Waals surface area contributed by atoms with Crippen LogP contribution in [0.4, 0.5) is 0 Å². The van der Waals surface area contributed by atoms with Crippen LogP contribution in [0.2, 0.25) is 0 Å². The molecule has 90 valence electrons. The highest BCUT2D eigenvalue weighted by Gasteiger charge is 2.43. The van der Waals surface area contributed by atoms with Crippen LogP contribution in [0, 0.1) is 11.3 Å². The summed E-state index contributed by atoms with van der Waals surface area (Å²) in [5.74, 6) is 0. The Kier molecular flexibility index (Phi) is 3.36. The van der Waals surface area contributed by atoms with Gasteiger partial charge in [-0.15, -0.1) is 0 Å². The molecule has 0 aromatic carbocycles. The first-order valence-electron chi connectivity index (χ1n) is 5.17. The Hall–Kier alpha value is -1.52. The van der Waals surface area contributed by atoms with Crippen LogP contribution < -0.4 is 0 Å². The van der Waals surface area contributed by atoms with Crippen molar-refractivity contribution in [3.63, 3.8) is 0 Å². The van der Waals surface area contributed by atoms with Crippen LogP contribution in [0.5, 0.6) is 0 Å². The maximum absolute atomic E-state index is 9.77. The molecule has 0 bridgehead atoms. The molecule has 6 nitrogen and oxygen atoms in total. The van der Waals surface area contributed by atoms with E-state index in [0.29, 0.717) is 5.69 Å². The first kappa shape index (κ1) is 12.0. The highest BCUT2D eigenvalue weighted by molar-refractivity contribution is 5.24. The van der Waals surface area contributed by atoms with Gasteiger partial charge in [-0.1, -0.05) is 6.07 Å². The van der Waals surface area contributed by atoms with E-state index in [9.17, 15) is 10.2 Å². The molecular weight excluding hydrogens is 224 g/mol. The van der Waals surface area contributed by atoms with Crippen LogP contribution >= 0.6 is 0 Å². The predicted octanol–water partition coefficient (Wildman–Crippen LogP) is -0.893. The Morgan fingerprint density at radius 1 is 1.35 bits per heavy atom. The molecular formula is C11H12N2O4. The molecule has 1 aliphatic heterocycles. The minimum Gasteiger partial charge on any atom is -0.394 e. The molecule has 17 heavy (non-hydrogen) atoms. The Morgan fingerprint density at radius 3 is 2.71 bits per heavy atom. The van der Waals surface area contributed by atoms with E-state index in [4.69, 9.17) is 15.1 Å². The summed E-state index contributed by atoms with van der Waals surface area (Å²) in [6, 6.07) is 6.63. The van der Waals surface area contributed by atoms with E-state index >= 15 is 0 Å². The maximum Gasteiger partial charge on any atom is 0.140 e. The van der Waals surface area contributed by atoms with E-state index in [0.717, 1.165) is 0 Å². The van der Waals surface area contributed by atoms with Crippen LogP contribution in [0.15, 0.2) is 18.2 Å². The van der Waals surface area contributed by atoms with E-state index in [1.807, 2.05) is 6.07 Å². The van der Waals surface area contributed by atoms with Gasteiger partial charge >= 0.3 is 0 Å². The van der Waals surface area contributed by atoms with Crippen molar-refractivity contribution < 1.29 is 20.1 Å². The molecule has 2 rings (SSSR count). The van der Waals surface area contributed by atoms with Crippen LogP contribution in [0.1, 0.15) is 17.5 Å². The lowest BCUT2D eigenvalue weighted by atomic mass is 10.1. The first-order chi connectivity index (χ1) is 8.17. The Bertz CT molecular complexity index is 445. The standard InChI is InChI=1S/C11H12N2O4/c12-4-6-2-1-3-7(13-6)11-10(16)9(15)8(5-14)17-11/h1-3,8-11,14-16H,5H2/t8-,9-,10-,11?/m1/s1. The molecule has 1 unspecified atom stereocenters. The minimum atomic E-state index is -1.16. The second-order valence-corrected chi connectivity index (χ2v) is 3.82. The van der Waals surface area contributed by atoms with Crippen molar-refractivity contribution in [3.05, 3.63) is 29.6 Å². The van der Waals surface area contributed by atoms with Crippen molar-refractivity contribution in [2.75, 3.05) is 6.61 Å². The van der Waals surface area contributed by atoms with Gasteiger partial charge in [-0.2, -0.15) is 5.26 Å². The summed E-state index contributed by atoms with van der Waals surface area (Å²) >= 11 is 0. The van der Waals surface area contributed by atoms with Gasteiger partial charge in [-0.25, -0.2) is 4.98 Å². The molecule has 1 aromatic heterocycles. The quantitative estimate of drug-likeness (QED) is 0.614. The number of nitrogens with zero attached hydrogens (tertiary/aromatic N) is 2. The number of aromatic nitrogens is 1. The van der Waals surface area contributed by atoms with Gasteiger partial charge in [-0.05, 0) is 12.1 Å². The molecule has 1 saturated heterocycles. The zero-order chi connectivity index (χ0) is 12.4. The van der Waals surface area contributed by atoms with Gasteiger partial charge in [0.1, 0.15) is 36.2 Å². The summed E-state index contributed by atoms with van der Waals surface area (Å²) in [4.78, 5) is 3.99. The molecule has 1 fully saturated rings. The Morgan fingerprint density at radius 2 is 2.12 bits per heavy atom. The molecule has 2 heterocycles. The molecule has 1 aliphatic rings. The SMILES string of the molecule is N#Cc1cccc(C2O[C@H](CO)[C@@H](O)[C@H]2O)n1. The summed E-state index contributed by atoms with van der Waals surface area (Å²) in [5.41, 5.74) is 0.576. The summed E-state index contributed by atoms with van der Waals surface area (Å²) in [5, 5.41) is 37.0. The largest absolute Gasteiger partial charge is 0.394 e. The van der Waals surface area contributed by atoms with Crippen molar-refractivity contribution in [1.29, 1.82) is 5.26 Å². The molecule has 1 aromatic rings. The van der Waals surface area contributed by atoms with Gasteiger partial charge in [0.2, 0.25) is 0 Å². The molecule has 0 radical (unpaired) electrons. The molecule has 4 atom stereocenters. The number of aliphatic hydroxyl groups excluding tert-OH is 3. The van der Waals surface area contributed by atoms with Crippen LogP contribution in [0.3, 0.4) is 0 Å². The van der Waals surface area contributed by atoms with E-state index in [1.165, 1.54) is 6.07 Å². The van der Waals surface area contributed by atoms with E-state index in [1.54, 1.807) is 12.1 Å². The minimum absolute atomic E-state index is 0.209. The van der Waals surface area contributed by atoms with Crippen LogP contribution in [-0.4, -0.2) is 45.2 Å². The highest BCUT2D eigenvalue weighted by Crippen LogP contribution is 2.32. The van der Waals surface area contributed by atoms with Gasteiger partial charge < -0.3 is 20.1 Å². The average molecular weight is 236 g/mol. The Balaban J connectivity index is 2.26. The molecule has 6 heteroatoms. The average Bonchev–Trinajstić information content (AvgIpc) is 2.66. The second kappa shape index (κ2) is 4.77. The van der Waals surface area contributed by atoms with E-state index in [2.05, 4.69) is 4.98 Å². The van der Waals surface area contributed by atoms with Crippen molar-refractivity contribution in [1.82, 2.24) is 4.98 Å². The van der Waals surface area contributed by atoms with Gasteiger partial charge in [0.15, 0.2) is 0 Å². The van der Waals surface area contributed by atoms with Crippen molar-refractivity contribution in [2.45, 2.75) is 24.4 Å². The zero-order valence-electron chi connectivity index (χ0n) is 8.89. The summed E-state index contributed by atoms with van der Waals surface area (Å²) < 4.78 is 5.30. The third-order valence-electron chi connectivity index (χ3n) is 2.72. The zero-order valence-corrected chi connectivity index (χ0v) is 8.89. The monoisotopic (exact) mass is 236 g/mol. The number of aliphatic hydroxyl groups is 3. The number of pyridine rings is 1. The number of ether oxygens (including phenoxy) is 1. The van der Waals surface area contributed by atoms with Crippen LogP contribution in [-0.2, 0) is 4.74 Å². The number of hydrogen-bond acceptors (Lipinski definition) is 6. The molecule has 0 saturated carbocycles. The van der Waals surface area contributed by atoms with Gasteiger partial charge in [0, 0.05) is 0 Å². The maximum atomic E-state index is 9.77. The molecule has 0 aliphatic carbocycles. The second-order valence-electron chi connectivity index (χ2n) is 3.82. The van der Waals surface area contributed by atoms with Gasteiger partial charge in [0.05, 0.1) is 12.3 Å². The van der Waals surface area contributed by atoms with Crippen molar-refractivity contribution >= 4 is 0 Å². The van der Waals surface area contributed by atoms with Crippen LogP contribution in [0.25, 0.3) is 0 Å². The fraction of sp³-hybridized carbons (Fsp3) is 0.455. The fourth-order valence-corrected chi connectivity index (χ4v) is 1.82. The molecule has 3 N–H and O–H groups in total. The van der Waals surface area contributed by atoms with Gasteiger partial charge in [0.25, 0.3) is 0 Å². The van der Waals surface area contributed by atoms with E-state index in [-0.39, 0.29) is 12.3 Å². The molecule has 0 spiro atoms. The number of nitriles is 1. The van der Waals surface area contributed by atoms with Gasteiger partial charge in [-0.3, -0.25) is 0 Å². The summed E-state index contributed by atoms with van der Waals surface area (Å²) in [6.07, 6.45) is -3.97. The topological polar surface area (TPSA) is 107 Å². The van der Waals surface area contributed by atoms with Crippen molar-refractivity contribution in [2.24, 2.45) is 0 Å². The van der Waals surface area contributed by atoms with Crippen molar-refractivity contribution in [3.8, 4) is 6.07 Å². The summed E-state index contributed by atoms with van der Waals surface area (Å²) in [6.45, 7) is -0.382. The highest BCUT2D eigenvalue weighted by atomic mass is 16.6. The predicted molar refractivity (Wildman–Crippen MR) is 55.7 cm³/mol. The normalized spacial score (nSPS) is 32.4. The first-order valence-corrected chi connectivity index (χ1v) is 5.17. The lowest BCUT2D eigenvalue weighted by molar-refractivity contribution is -0.0239. The lowest BCUT2D eigenvalue weighted by Gasteiger charge is -2.13. The number of rotatable bonds is 2. The lowest BCUT2D eigenvalue weighted by Crippen LogP contribution is -2.32. The third kappa shape index (κ3) is 2.14. The van der Waals surface area contributed by atoms with E-state index < -0.39 is 24.4 Å². The summed E-state index contributed by atoms with van der Waals surface area (Å²) in [7, 11) is 0. The third-order valence-corrected chi connectivity index (χ3v) is 2.72. The Labute approximate surface area is 97.7 Å². The molecule has 0 amide bonds. The fourth-order valence-electron chi connectivity index (χ4n) is 1.82. The number of hydrogen-bond donors (Lipinski definition) is 3. The smallest absolute Gasteiger partial charge is 0.140 e.